The van der Waals surface area contributed by atoms with Crippen molar-refractivity contribution in [2.24, 2.45) is 5.73 Å². The van der Waals surface area contributed by atoms with Crippen LogP contribution in [-0.2, 0) is 14.8 Å². The molecule has 24 heavy (non-hydrogen) atoms. The van der Waals surface area contributed by atoms with E-state index in [-0.39, 0.29) is 36.2 Å². The van der Waals surface area contributed by atoms with E-state index >= 15 is 0 Å². The lowest BCUT2D eigenvalue weighted by molar-refractivity contribution is -0.116. The van der Waals surface area contributed by atoms with Gasteiger partial charge in [-0.05, 0) is 38.0 Å². The zero-order valence-corrected chi connectivity index (χ0v) is 15.3. The third-order valence-electron chi connectivity index (χ3n) is 3.58. The van der Waals surface area contributed by atoms with E-state index in [0.29, 0.717) is 31.1 Å². The third-order valence-corrected chi connectivity index (χ3v) is 5.50. The highest BCUT2D eigenvalue weighted by Gasteiger charge is 2.30. The second kappa shape index (κ2) is 9.22. The summed E-state index contributed by atoms with van der Waals surface area (Å²) in [5, 5.41) is 2.66. The van der Waals surface area contributed by atoms with Crippen LogP contribution in [0.4, 0.5) is 5.69 Å². The van der Waals surface area contributed by atoms with Gasteiger partial charge in [-0.15, -0.1) is 12.4 Å². The molecule has 7 nitrogen and oxygen atoms in total. The van der Waals surface area contributed by atoms with Gasteiger partial charge in [0.2, 0.25) is 15.9 Å². The van der Waals surface area contributed by atoms with Crippen LogP contribution < -0.4 is 15.8 Å². The number of carbonyl (C=O) groups excluding carboxylic acids is 1. The van der Waals surface area contributed by atoms with Crippen LogP contribution in [0.5, 0.6) is 5.75 Å². The number of carbonyl (C=O) groups is 1. The molecule has 1 saturated heterocycles. The van der Waals surface area contributed by atoms with Crippen LogP contribution in [0.25, 0.3) is 0 Å². The van der Waals surface area contributed by atoms with Crippen LogP contribution in [-0.4, -0.2) is 44.9 Å². The first-order chi connectivity index (χ1) is 11.0. The van der Waals surface area contributed by atoms with Gasteiger partial charge in [0.15, 0.2) is 0 Å². The van der Waals surface area contributed by atoms with E-state index in [1.807, 2.05) is 0 Å². The van der Waals surface area contributed by atoms with Crippen molar-refractivity contribution in [1.82, 2.24) is 4.31 Å². The maximum absolute atomic E-state index is 12.8. The first-order valence-electron chi connectivity index (χ1n) is 7.76. The number of hydrogen-bond donors (Lipinski definition) is 2. The summed E-state index contributed by atoms with van der Waals surface area (Å²) in [6, 6.07) is 4.65. The summed E-state index contributed by atoms with van der Waals surface area (Å²) < 4.78 is 32.5. The predicted molar refractivity (Wildman–Crippen MR) is 95.2 cm³/mol. The summed E-state index contributed by atoms with van der Waals surface area (Å²) in [5.74, 6) is 0.0532. The normalized spacial score (nSPS) is 14.9. The molecule has 0 unspecified atom stereocenters. The van der Waals surface area contributed by atoms with Crippen LogP contribution in [0.3, 0.4) is 0 Å². The minimum atomic E-state index is -3.63. The monoisotopic (exact) mass is 377 g/mol. The molecule has 1 aliphatic heterocycles. The maximum Gasteiger partial charge on any atom is 0.246 e. The second-order valence-electron chi connectivity index (χ2n) is 5.29. The molecule has 0 atom stereocenters. The molecular formula is C15H24ClN3O4S. The van der Waals surface area contributed by atoms with Crippen LogP contribution in [0.2, 0.25) is 0 Å². The van der Waals surface area contributed by atoms with Crippen molar-refractivity contribution in [1.29, 1.82) is 0 Å². The largest absolute Gasteiger partial charge is 0.492 e. The number of hydrogen-bond acceptors (Lipinski definition) is 5. The molecule has 1 heterocycles. The van der Waals surface area contributed by atoms with Gasteiger partial charge in [-0.1, -0.05) is 0 Å². The van der Waals surface area contributed by atoms with E-state index in [4.69, 9.17) is 10.5 Å². The molecule has 1 aliphatic rings. The number of sulfonamides is 1. The van der Waals surface area contributed by atoms with Gasteiger partial charge in [-0.3, -0.25) is 4.79 Å². The molecule has 1 amide bonds. The molecule has 0 radical (unpaired) electrons. The van der Waals surface area contributed by atoms with Crippen LogP contribution in [0.1, 0.15) is 26.2 Å². The number of halogens is 1. The smallest absolute Gasteiger partial charge is 0.246 e. The second-order valence-corrected chi connectivity index (χ2v) is 7.20. The number of ether oxygens (including phenoxy) is 1. The van der Waals surface area contributed by atoms with E-state index in [1.54, 1.807) is 19.1 Å². The molecular weight excluding hydrogens is 354 g/mol. The molecule has 1 aromatic carbocycles. The Labute approximate surface area is 149 Å². The lowest BCUT2D eigenvalue weighted by Gasteiger charge is -2.19. The highest BCUT2D eigenvalue weighted by atomic mass is 35.5. The fourth-order valence-electron chi connectivity index (χ4n) is 2.48. The first kappa shape index (κ1) is 20.7. The molecule has 3 N–H and O–H groups in total. The number of anilines is 1. The molecule has 1 aromatic rings. The Morgan fingerprint density at radius 1 is 1.33 bits per heavy atom. The summed E-state index contributed by atoms with van der Waals surface area (Å²) in [6.07, 6.45) is 1.90. The number of rotatable bonds is 7. The minimum absolute atomic E-state index is 0. The first-order valence-corrected chi connectivity index (χ1v) is 9.20. The standard InChI is InChI=1S/C15H23N3O4S.ClH/c1-2-22-13-6-5-12(17-15(19)7-8-16)11-14(13)23(20,21)18-9-3-4-10-18;/h5-6,11H,2-4,7-10,16H2,1H3,(H,17,19);1H. The Hall–Kier alpha value is -1.35. The van der Waals surface area contributed by atoms with E-state index in [2.05, 4.69) is 5.32 Å². The zero-order valence-electron chi connectivity index (χ0n) is 13.7. The van der Waals surface area contributed by atoms with Crippen molar-refractivity contribution in [3.05, 3.63) is 18.2 Å². The van der Waals surface area contributed by atoms with E-state index in [1.165, 1.54) is 10.4 Å². The lowest BCUT2D eigenvalue weighted by atomic mass is 10.3. The van der Waals surface area contributed by atoms with Crippen molar-refractivity contribution in [3.63, 3.8) is 0 Å². The van der Waals surface area contributed by atoms with Gasteiger partial charge in [0, 0.05) is 31.7 Å². The van der Waals surface area contributed by atoms with E-state index in [9.17, 15) is 13.2 Å². The summed E-state index contributed by atoms with van der Waals surface area (Å²) >= 11 is 0. The lowest BCUT2D eigenvalue weighted by Crippen LogP contribution is -2.28. The number of amides is 1. The molecule has 9 heteroatoms. The molecule has 1 fully saturated rings. The fourth-order valence-corrected chi connectivity index (χ4v) is 4.16. The number of nitrogens with one attached hydrogen (secondary N) is 1. The number of benzene rings is 1. The average molecular weight is 378 g/mol. The Morgan fingerprint density at radius 2 is 2.00 bits per heavy atom. The van der Waals surface area contributed by atoms with Gasteiger partial charge in [0.1, 0.15) is 10.6 Å². The van der Waals surface area contributed by atoms with Crippen LogP contribution in [0.15, 0.2) is 23.1 Å². The van der Waals surface area contributed by atoms with Crippen molar-refractivity contribution < 1.29 is 17.9 Å². The molecule has 136 valence electrons. The maximum atomic E-state index is 12.8. The Bertz CT molecular complexity index is 661. The quantitative estimate of drug-likeness (QED) is 0.751. The van der Waals surface area contributed by atoms with Gasteiger partial charge in [-0.2, -0.15) is 4.31 Å². The van der Waals surface area contributed by atoms with Gasteiger partial charge in [0.05, 0.1) is 6.61 Å². The minimum Gasteiger partial charge on any atom is -0.492 e. The number of nitrogens with zero attached hydrogens (tertiary/aromatic N) is 1. The Balaban J connectivity index is 0.00000288. The van der Waals surface area contributed by atoms with E-state index < -0.39 is 10.0 Å². The summed E-state index contributed by atoms with van der Waals surface area (Å²) in [7, 11) is -3.63. The molecule has 2 rings (SSSR count). The average Bonchev–Trinajstić information content (AvgIpc) is 3.04. The third kappa shape index (κ3) is 4.83. The van der Waals surface area contributed by atoms with Crippen molar-refractivity contribution in [3.8, 4) is 5.75 Å². The van der Waals surface area contributed by atoms with Gasteiger partial charge >= 0.3 is 0 Å². The highest BCUT2D eigenvalue weighted by Crippen LogP contribution is 2.31. The topological polar surface area (TPSA) is 102 Å². The molecule has 0 aromatic heterocycles. The summed E-state index contributed by atoms with van der Waals surface area (Å²) in [6.45, 7) is 3.42. The SMILES string of the molecule is CCOc1ccc(NC(=O)CCN)cc1S(=O)(=O)N1CCCC1.Cl. The zero-order chi connectivity index (χ0) is 16.9. The predicted octanol–water partition coefficient (Wildman–Crippen LogP) is 1.58. The van der Waals surface area contributed by atoms with Gasteiger partial charge in [0.25, 0.3) is 0 Å². The van der Waals surface area contributed by atoms with Gasteiger partial charge < -0.3 is 15.8 Å². The molecule has 0 bridgehead atoms. The van der Waals surface area contributed by atoms with Crippen molar-refractivity contribution in [2.45, 2.75) is 31.1 Å². The summed E-state index contributed by atoms with van der Waals surface area (Å²) in [5.41, 5.74) is 5.77. The highest BCUT2D eigenvalue weighted by molar-refractivity contribution is 7.89. The molecule has 0 aliphatic carbocycles. The molecule has 0 saturated carbocycles. The number of nitrogens with two attached hydrogens (primary N) is 1. The Morgan fingerprint density at radius 3 is 2.58 bits per heavy atom. The fraction of sp³-hybridized carbons (Fsp3) is 0.533. The van der Waals surface area contributed by atoms with Crippen LogP contribution >= 0.6 is 12.4 Å². The summed E-state index contributed by atoms with van der Waals surface area (Å²) in [4.78, 5) is 11.7. The molecule has 0 spiro atoms. The van der Waals surface area contributed by atoms with E-state index in [0.717, 1.165) is 12.8 Å². The van der Waals surface area contributed by atoms with Crippen molar-refractivity contribution in [2.75, 3.05) is 31.6 Å². The van der Waals surface area contributed by atoms with Crippen molar-refractivity contribution >= 4 is 34.0 Å². The Kier molecular flexibility index (Phi) is 7.95. The van der Waals surface area contributed by atoms with Crippen LogP contribution in [0, 0.1) is 0 Å². The van der Waals surface area contributed by atoms with Gasteiger partial charge in [-0.25, -0.2) is 8.42 Å².